The second-order valence-electron chi connectivity index (χ2n) is 1.64. The lowest BCUT2D eigenvalue weighted by Gasteiger charge is -1.99. The minimum absolute atomic E-state index is 0.0394. The summed E-state index contributed by atoms with van der Waals surface area (Å²) in [6.45, 7) is 4.68. The standard InChI is InChI=1S/C6H10O2/c1-3-6(4-7)5(2)8/h3,6-7H,1,4H2,2H3. The van der Waals surface area contributed by atoms with E-state index in [2.05, 4.69) is 6.58 Å². The van der Waals surface area contributed by atoms with Gasteiger partial charge in [0.15, 0.2) is 0 Å². The summed E-state index contributed by atoms with van der Waals surface area (Å²) in [5.41, 5.74) is 0. The van der Waals surface area contributed by atoms with E-state index in [9.17, 15) is 4.79 Å². The molecule has 0 aliphatic heterocycles. The Morgan fingerprint density at radius 2 is 2.50 bits per heavy atom. The Kier molecular flexibility index (Phi) is 3.12. The van der Waals surface area contributed by atoms with Crippen LogP contribution < -0.4 is 0 Å². The molecule has 0 aliphatic rings. The van der Waals surface area contributed by atoms with Crippen molar-refractivity contribution in [1.82, 2.24) is 0 Å². The van der Waals surface area contributed by atoms with E-state index in [0.717, 1.165) is 0 Å². The molecule has 0 saturated heterocycles. The van der Waals surface area contributed by atoms with Gasteiger partial charge in [0, 0.05) is 0 Å². The lowest BCUT2D eigenvalue weighted by Crippen LogP contribution is -2.11. The quantitative estimate of drug-likeness (QED) is 0.538. The molecule has 2 nitrogen and oxygen atoms in total. The average molecular weight is 114 g/mol. The Bertz CT molecular complexity index is 96.7. The number of rotatable bonds is 3. The lowest BCUT2D eigenvalue weighted by molar-refractivity contribution is -0.120. The number of ketones is 1. The van der Waals surface area contributed by atoms with Gasteiger partial charge in [0.05, 0.1) is 12.5 Å². The molecule has 1 N–H and O–H groups in total. The molecule has 2 heteroatoms. The Labute approximate surface area is 48.8 Å². The van der Waals surface area contributed by atoms with Crippen LogP contribution in [0.5, 0.6) is 0 Å². The Balaban J connectivity index is 3.69. The number of aliphatic hydroxyl groups excluding tert-OH is 1. The van der Waals surface area contributed by atoms with E-state index in [1.807, 2.05) is 0 Å². The molecule has 1 unspecified atom stereocenters. The van der Waals surface area contributed by atoms with Gasteiger partial charge in [-0.3, -0.25) is 4.79 Å². The van der Waals surface area contributed by atoms with Crippen LogP contribution in [0.1, 0.15) is 6.92 Å². The highest BCUT2D eigenvalue weighted by molar-refractivity contribution is 5.79. The van der Waals surface area contributed by atoms with Gasteiger partial charge in [0.25, 0.3) is 0 Å². The zero-order valence-corrected chi connectivity index (χ0v) is 4.92. The maximum absolute atomic E-state index is 10.4. The van der Waals surface area contributed by atoms with Gasteiger partial charge in [0.2, 0.25) is 0 Å². The van der Waals surface area contributed by atoms with Crippen molar-refractivity contribution in [3.05, 3.63) is 12.7 Å². The van der Waals surface area contributed by atoms with Crippen molar-refractivity contribution in [2.24, 2.45) is 5.92 Å². The van der Waals surface area contributed by atoms with E-state index >= 15 is 0 Å². The minimum atomic E-state index is -0.366. The number of aliphatic hydroxyl groups is 1. The van der Waals surface area contributed by atoms with Gasteiger partial charge in [-0.25, -0.2) is 0 Å². The highest BCUT2D eigenvalue weighted by atomic mass is 16.3. The van der Waals surface area contributed by atoms with Gasteiger partial charge in [-0.1, -0.05) is 6.08 Å². The third kappa shape index (κ3) is 1.89. The molecule has 0 aromatic rings. The minimum Gasteiger partial charge on any atom is -0.395 e. The molecule has 0 spiro atoms. The number of carbonyl (C=O) groups is 1. The molecular weight excluding hydrogens is 104 g/mol. The maximum atomic E-state index is 10.4. The van der Waals surface area contributed by atoms with Crippen molar-refractivity contribution in [3.8, 4) is 0 Å². The SMILES string of the molecule is C=CC(CO)C(C)=O. The van der Waals surface area contributed by atoms with E-state index in [4.69, 9.17) is 5.11 Å². The van der Waals surface area contributed by atoms with Crippen LogP contribution in [0, 0.1) is 5.92 Å². The van der Waals surface area contributed by atoms with Gasteiger partial charge in [-0.15, -0.1) is 6.58 Å². The molecule has 0 amide bonds. The summed E-state index contributed by atoms with van der Waals surface area (Å²) in [5.74, 6) is -0.405. The van der Waals surface area contributed by atoms with Gasteiger partial charge in [0.1, 0.15) is 5.78 Å². The summed E-state index contributed by atoms with van der Waals surface area (Å²) in [6.07, 6.45) is 1.45. The number of carbonyl (C=O) groups excluding carboxylic acids is 1. The second-order valence-corrected chi connectivity index (χ2v) is 1.64. The molecule has 1 atom stereocenters. The zero-order chi connectivity index (χ0) is 6.57. The van der Waals surface area contributed by atoms with Gasteiger partial charge in [-0.2, -0.15) is 0 Å². The molecule has 8 heavy (non-hydrogen) atoms. The molecule has 0 saturated carbocycles. The van der Waals surface area contributed by atoms with Crippen LogP contribution in [0.25, 0.3) is 0 Å². The van der Waals surface area contributed by atoms with Crippen molar-refractivity contribution < 1.29 is 9.90 Å². The first-order valence-electron chi connectivity index (χ1n) is 2.46. The smallest absolute Gasteiger partial charge is 0.138 e. The first-order valence-corrected chi connectivity index (χ1v) is 2.46. The van der Waals surface area contributed by atoms with Crippen molar-refractivity contribution in [2.45, 2.75) is 6.92 Å². The van der Waals surface area contributed by atoms with Gasteiger partial charge >= 0.3 is 0 Å². The number of hydrogen-bond acceptors (Lipinski definition) is 2. The summed E-state index contributed by atoms with van der Waals surface area (Å²) in [5, 5.41) is 8.40. The largest absolute Gasteiger partial charge is 0.395 e. The van der Waals surface area contributed by atoms with Crippen molar-refractivity contribution in [3.63, 3.8) is 0 Å². The highest BCUT2D eigenvalue weighted by Crippen LogP contribution is 1.95. The van der Waals surface area contributed by atoms with Crippen LogP contribution in [0.15, 0.2) is 12.7 Å². The van der Waals surface area contributed by atoms with Gasteiger partial charge in [-0.05, 0) is 6.92 Å². The van der Waals surface area contributed by atoms with Crippen LogP contribution in [-0.4, -0.2) is 17.5 Å². The van der Waals surface area contributed by atoms with Crippen molar-refractivity contribution >= 4 is 5.78 Å². The summed E-state index contributed by atoms with van der Waals surface area (Å²) in [6, 6.07) is 0. The normalized spacial score (nSPS) is 12.8. The van der Waals surface area contributed by atoms with E-state index in [1.54, 1.807) is 0 Å². The van der Waals surface area contributed by atoms with Crippen LogP contribution in [0.4, 0.5) is 0 Å². The third-order valence-corrected chi connectivity index (χ3v) is 1.00. The fourth-order valence-corrected chi connectivity index (χ4v) is 0.369. The van der Waals surface area contributed by atoms with Crippen LogP contribution in [0.2, 0.25) is 0 Å². The summed E-state index contributed by atoms with van der Waals surface area (Å²) < 4.78 is 0. The number of Topliss-reactive ketones (excluding diaryl/α,β-unsaturated/α-hetero) is 1. The summed E-state index contributed by atoms with van der Waals surface area (Å²) in [7, 11) is 0. The first-order chi connectivity index (χ1) is 3.72. The predicted octanol–water partition coefficient (Wildman–Crippen LogP) is 0.370. The molecule has 0 rings (SSSR count). The van der Waals surface area contributed by atoms with E-state index in [0.29, 0.717) is 0 Å². The second kappa shape index (κ2) is 3.38. The van der Waals surface area contributed by atoms with Crippen LogP contribution in [0.3, 0.4) is 0 Å². The Morgan fingerprint density at radius 1 is 2.00 bits per heavy atom. The summed E-state index contributed by atoms with van der Waals surface area (Å²) >= 11 is 0. The zero-order valence-electron chi connectivity index (χ0n) is 4.92. The van der Waals surface area contributed by atoms with Gasteiger partial charge < -0.3 is 5.11 Å². The first kappa shape index (κ1) is 7.37. The molecule has 46 valence electrons. The van der Waals surface area contributed by atoms with E-state index in [-0.39, 0.29) is 18.3 Å². The monoisotopic (exact) mass is 114 g/mol. The molecule has 0 bridgehead atoms. The molecule has 0 heterocycles. The topological polar surface area (TPSA) is 37.3 Å². The maximum Gasteiger partial charge on any atom is 0.138 e. The van der Waals surface area contributed by atoms with Crippen molar-refractivity contribution in [1.29, 1.82) is 0 Å². The Hall–Kier alpha value is -0.630. The molecule has 0 aliphatic carbocycles. The predicted molar refractivity (Wildman–Crippen MR) is 31.5 cm³/mol. The van der Waals surface area contributed by atoms with Crippen LogP contribution in [-0.2, 0) is 4.79 Å². The average Bonchev–Trinajstić information content (AvgIpc) is 1.69. The van der Waals surface area contributed by atoms with Crippen LogP contribution >= 0.6 is 0 Å². The molecule has 0 aromatic carbocycles. The molecule has 0 aromatic heterocycles. The fourth-order valence-electron chi connectivity index (χ4n) is 0.369. The molecular formula is C6H10O2. The van der Waals surface area contributed by atoms with E-state index < -0.39 is 0 Å². The third-order valence-electron chi connectivity index (χ3n) is 1.00. The highest BCUT2D eigenvalue weighted by Gasteiger charge is 2.05. The summed E-state index contributed by atoms with van der Waals surface area (Å²) in [4.78, 5) is 10.4. The van der Waals surface area contributed by atoms with E-state index in [1.165, 1.54) is 13.0 Å². The molecule has 0 fully saturated rings. The molecule has 0 radical (unpaired) electrons. The lowest BCUT2D eigenvalue weighted by atomic mass is 10.1. The Morgan fingerprint density at radius 3 is 2.50 bits per heavy atom. The van der Waals surface area contributed by atoms with Crippen molar-refractivity contribution in [2.75, 3.05) is 6.61 Å². The fraction of sp³-hybridized carbons (Fsp3) is 0.500. The number of hydrogen-bond donors (Lipinski definition) is 1.